The summed E-state index contributed by atoms with van der Waals surface area (Å²) in [6.45, 7) is 0. The van der Waals surface area contributed by atoms with Crippen molar-refractivity contribution in [2.75, 3.05) is 0 Å². The zero-order chi connectivity index (χ0) is 7.52. The fourth-order valence-electron chi connectivity index (χ4n) is 2.03. The van der Waals surface area contributed by atoms with E-state index < -0.39 is 0 Å². The van der Waals surface area contributed by atoms with Gasteiger partial charge in [-0.25, -0.2) is 0 Å². The van der Waals surface area contributed by atoms with Crippen LogP contribution in [0.3, 0.4) is 0 Å². The van der Waals surface area contributed by atoms with Gasteiger partial charge in [-0.1, -0.05) is 23.3 Å². The standard InChI is InChI=1S/C11H16/c1-2-4-10-6-8-11(5-3-1)9-7-10/h4-5H,1-3,6-9H2. The predicted octanol–water partition coefficient (Wildman–Crippen LogP) is 3.60. The molecule has 0 amide bonds. The van der Waals surface area contributed by atoms with Crippen LogP contribution in [0.4, 0.5) is 0 Å². The van der Waals surface area contributed by atoms with Gasteiger partial charge in [-0.2, -0.15) is 0 Å². The molecule has 0 nitrogen and oxygen atoms in total. The molecule has 3 rings (SSSR count). The molecule has 3 aliphatic rings. The van der Waals surface area contributed by atoms with Crippen LogP contribution in [0.15, 0.2) is 23.3 Å². The van der Waals surface area contributed by atoms with Crippen molar-refractivity contribution in [3.63, 3.8) is 0 Å². The lowest BCUT2D eigenvalue weighted by atomic mass is 9.90. The van der Waals surface area contributed by atoms with E-state index in [1.165, 1.54) is 44.9 Å². The summed E-state index contributed by atoms with van der Waals surface area (Å²) in [5.41, 5.74) is 3.45. The fourth-order valence-corrected chi connectivity index (χ4v) is 2.03. The maximum atomic E-state index is 2.48. The average molecular weight is 148 g/mol. The van der Waals surface area contributed by atoms with Crippen LogP contribution in [0.2, 0.25) is 0 Å². The van der Waals surface area contributed by atoms with Crippen molar-refractivity contribution in [1.29, 1.82) is 0 Å². The second kappa shape index (κ2) is 3.25. The normalized spacial score (nSPS) is 24.7. The van der Waals surface area contributed by atoms with Crippen LogP contribution in [0.25, 0.3) is 0 Å². The highest BCUT2D eigenvalue weighted by Crippen LogP contribution is 2.29. The minimum atomic E-state index is 1.32. The quantitative estimate of drug-likeness (QED) is 0.460. The van der Waals surface area contributed by atoms with Crippen molar-refractivity contribution in [2.24, 2.45) is 0 Å². The minimum Gasteiger partial charge on any atom is -0.0853 e. The summed E-state index contributed by atoms with van der Waals surface area (Å²) in [5, 5.41) is 0. The van der Waals surface area contributed by atoms with E-state index in [4.69, 9.17) is 0 Å². The molecule has 0 aromatic carbocycles. The lowest BCUT2D eigenvalue weighted by Gasteiger charge is -2.16. The van der Waals surface area contributed by atoms with Crippen molar-refractivity contribution in [3.05, 3.63) is 23.3 Å². The zero-order valence-electron chi connectivity index (χ0n) is 7.10. The van der Waals surface area contributed by atoms with Crippen LogP contribution < -0.4 is 0 Å². The highest BCUT2D eigenvalue weighted by Gasteiger charge is 2.10. The number of allylic oxidation sites excluding steroid dienone is 4. The Morgan fingerprint density at radius 1 is 0.727 bits per heavy atom. The van der Waals surface area contributed by atoms with Gasteiger partial charge in [0.2, 0.25) is 0 Å². The van der Waals surface area contributed by atoms with E-state index in [1.807, 2.05) is 0 Å². The topological polar surface area (TPSA) is 0 Å². The first-order chi connectivity index (χ1) is 5.45. The summed E-state index contributed by atoms with van der Waals surface area (Å²) in [4.78, 5) is 0. The molecule has 60 valence electrons. The van der Waals surface area contributed by atoms with Gasteiger partial charge in [-0.05, 0) is 44.9 Å². The molecule has 0 aliphatic heterocycles. The molecule has 0 heteroatoms. The van der Waals surface area contributed by atoms with Crippen molar-refractivity contribution in [3.8, 4) is 0 Å². The van der Waals surface area contributed by atoms with Gasteiger partial charge in [0.1, 0.15) is 0 Å². The van der Waals surface area contributed by atoms with Gasteiger partial charge in [-0.3, -0.25) is 0 Å². The summed E-state index contributed by atoms with van der Waals surface area (Å²) in [6.07, 6.45) is 14.4. The average Bonchev–Trinajstić information content (AvgIpc) is 2.21. The molecule has 0 unspecified atom stereocenters. The Hall–Kier alpha value is -0.520. The highest BCUT2D eigenvalue weighted by molar-refractivity contribution is 5.17. The Labute approximate surface area is 69.0 Å². The molecule has 1 saturated carbocycles. The molecule has 0 saturated heterocycles. The van der Waals surface area contributed by atoms with Gasteiger partial charge in [0, 0.05) is 0 Å². The molecule has 0 atom stereocenters. The van der Waals surface area contributed by atoms with E-state index in [-0.39, 0.29) is 0 Å². The van der Waals surface area contributed by atoms with E-state index in [2.05, 4.69) is 12.2 Å². The van der Waals surface area contributed by atoms with E-state index in [9.17, 15) is 0 Å². The Morgan fingerprint density at radius 2 is 1.18 bits per heavy atom. The Bertz CT molecular complexity index is 162. The molecule has 0 heterocycles. The van der Waals surface area contributed by atoms with Gasteiger partial charge in [0.25, 0.3) is 0 Å². The molecule has 0 N–H and O–H groups in total. The van der Waals surface area contributed by atoms with E-state index >= 15 is 0 Å². The zero-order valence-corrected chi connectivity index (χ0v) is 7.10. The van der Waals surface area contributed by atoms with Crippen LogP contribution in [-0.4, -0.2) is 0 Å². The molecule has 11 heavy (non-hydrogen) atoms. The second-order valence-electron chi connectivity index (χ2n) is 3.66. The molecule has 2 bridgehead atoms. The van der Waals surface area contributed by atoms with E-state index in [1.54, 1.807) is 11.1 Å². The third-order valence-electron chi connectivity index (χ3n) is 2.81. The van der Waals surface area contributed by atoms with Gasteiger partial charge < -0.3 is 0 Å². The van der Waals surface area contributed by atoms with Crippen molar-refractivity contribution < 1.29 is 0 Å². The molecule has 0 radical (unpaired) electrons. The SMILES string of the molecule is C1=C2CCC(=CCCC1)CC2. The number of hydrogen-bond acceptors (Lipinski definition) is 0. The third kappa shape index (κ3) is 1.74. The van der Waals surface area contributed by atoms with Crippen LogP contribution in [0.1, 0.15) is 44.9 Å². The number of fused-ring (bicyclic) bond motifs is 6. The summed E-state index contributed by atoms with van der Waals surface area (Å²) in [5.74, 6) is 0. The number of rotatable bonds is 0. The smallest absolute Gasteiger partial charge is 0.0283 e. The molecule has 3 aliphatic carbocycles. The molecular weight excluding hydrogens is 132 g/mol. The van der Waals surface area contributed by atoms with Gasteiger partial charge >= 0.3 is 0 Å². The van der Waals surface area contributed by atoms with Crippen molar-refractivity contribution >= 4 is 0 Å². The van der Waals surface area contributed by atoms with Crippen LogP contribution in [-0.2, 0) is 0 Å². The Kier molecular flexibility index (Phi) is 2.11. The van der Waals surface area contributed by atoms with E-state index in [0.717, 1.165) is 0 Å². The molecule has 0 spiro atoms. The summed E-state index contributed by atoms with van der Waals surface area (Å²) in [7, 11) is 0. The maximum Gasteiger partial charge on any atom is -0.0283 e. The van der Waals surface area contributed by atoms with Crippen LogP contribution in [0, 0.1) is 0 Å². The molecular formula is C11H16. The minimum absolute atomic E-state index is 1.32. The lowest BCUT2D eigenvalue weighted by molar-refractivity contribution is 0.724. The third-order valence-corrected chi connectivity index (χ3v) is 2.81. The molecule has 0 aromatic rings. The maximum absolute atomic E-state index is 2.48. The van der Waals surface area contributed by atoms with Gasteiger partial charge in [-0.15, -0.1) is 0 Å². The fraction of sp³-hybridized carbons (Fsp3) is 0.636. The first kappa shape index (κ1) is 7.15. The lowest BCUT2D eigenvalue weighted by Crippen LogP contribution is -1.96. The van der Waals surface area contributed by atoms with Crippen molar-refractivity contribution in [1.82, 2.24) is 0 Å². The predicted molar refractivity (Wildman–Crippen MR) is 48.5 cm³/mol. The summed E-state index contributed by atoms with van der Waals surface area (Å²) in [6, 6.07) is 0. The van der Waals surface area contributed by atoms with Gasteiger partial charge in [0.05, 0.1) is 0 Å². The largest absolute Gasteiger partial charge is 0.0853 e. The first-order valence-electron chi connectivity index (χ1n) is 4.81. The highest BCUT2D eigenvalue weighted by atomic mass is 14.2. The Morgan fingerprint density at radius 3 is 1.64 bits per heavy atom. The van der Waals surface area contributed by atoms with E-state index in [0.29, 0.717) is 0 Å². The van der Waals surface area contributed by atoms with Gasteiger partial charge in [0.15, 0.2) is 0 Å². The molecule has 0 aromatic heterocycles. The second-order valence-corrected chi connectivity index (χ2v) is 3.66. The number of hydrogen-bond donors (Lipinski definition) is 0. The van der Waals surface area contributed by atoms with Crippen LogP contribution in [0.5, 0.6) is 0 Å². The monoisotopic (exact) mass is 148 g/mol. The first-order valence-corrected chi connectivity index (χ1v) is 4.81. The molecule has 1 fully saturated rings. The summed E-state index contributed by atoms with van der Waals surface area (Å²) >= 11 is 0. The summed E-state index contributed by atoms with van der Waals surface area (Å²) < 4.78 is 0. The van der Waals surface area contributed by atoms with Crippen molar-refractivity contribution in [2.45, 2.75) is 44.9 Å². The van der Waals surface area contributed by atoms with Crippen LogP contribution >= 0.6 is 0 Å². The Balaban J connectivity index is 2.15.